The molecule has 0 unspecified atom stereocenters. The maximum absolute atomic E-state index is 12.0. The van der Waals surface area contributed by atoms with Gasteiger partial charge in [-0.15, -0.1) is 0 Å². The third-order valence-electron chi connectivity index (χ3n) is 2.97. The number of hydrogen-bond acceptors (Lipinski definition) is 2. The van der Waals surface area contributed by atoms with Gasteiger partial charge >= 0.3 is 0 Å². The molecule has 90 valence electrons. The number of nitrogens with zero attached hydrogens (tertiary/aromatic N) is 2. The van der Waals surface area contributed by atoms with Gasteiger partial charge in [-0.25, -0.2) is 4.98 Å². The van der Waals surface area contributed by atoms with E-state index in [4.69, 9.17) is 0 Å². The van der Waals surface area contributed by atoms with E-state index in [0.717, 1.165) is 18.5 Å². The number of nitrogens with one attached hydrogen (secondary N) is 1. The normalized spacial score (nSPS) is 11.0. The van der Waals surface area contributed by atoms with Crippen LogP contribution in [0.1, 0.15) is 37.0 Å². The summed E-state index contributed by atoms with van der Waals surface area (Å²) in [6.45, 7) is 4.15. The highest BCUT2D eigenvalue weighted by Crippen LogP contribution is 2.06. The van der Waals surface area contributed by atoms with E-state index in [2.05, 4.69) is 24.1 Å². The second kappa shape index (κ2) is 4.99. The maximum atomic E-state index is 12.0. The number of amides is 1. The standard InChI is InChI=1S/C13H17N3O/c1-3-11(4-2)15-13(17)10-5-6-12-14-7-8-16(12)9-10/h5-9,11H,3-4H2,1-2H3,(H,15,17). The third kappa shape index (κ3) is 2.46. The van der Waals surface area contributed by atoms with Crippen molar-refractivity contribution in [3.8, 4) is 0 Å². The predicted molar refractivity (Wildman–Crippen MR) is 67.0 cm³/mol. The quantitative estimate of drug-likeness (QED) is 0.877. The SMILES string of the molecule is CCC(CC)NC(=O)c1ccc2nccn2c1. The molecule has 0 saturated heterocycles. The van der Waals surface area contributed by atoms with Crippen LogP contribution in [0.3, 0.4) is 0 Å². The zero-order valence-electron chi connectivity index (χ0n) is 10.2. The molecule has 4 nitrogen and oxygen atoms in total. The predicted octanol–water partition coefficient (Wildman–Crippen LogP) is 2.25. The van der Waals surface area contributed by atoms with Crippen LogP contribution in [-0.4, -0.2) is 21.3 Å². The highest BCUT2D eigenvalue weighted by molar-refractivity contribution is 5.94. The minimum absolute atomic E-state index is 0.0192. The molecular formula is C13H17N3O. The average Bonchev–Trinajstić information content (AvgIpc) is 2.82. The first kappa shape index (κ1) is 11.6. The van der Waals surface area contributed by atoms with Crippen LogP contribution < -0.4 is 5.32 Å². The van der Waals surface area contributed by atoms with Gasteiger partial charge in [0.2, 0.25) is 0 Å². The fourth-order valence-corrected chi connectivity index (χ4v) is 1.82. The summed E-state index contributed by atoms with van der Waals surface area (Å²) in [4.78, 5) is 16.1. The number of hydrogen-bond donors (Lipinski definition) is 1. The molecular weight excluding hydrogens is 214 g/mol. The van der Waals surface area contributed by atoms with Crippen molar-refractivity contribution in [2.45, 2.75) is 32.7 Å². The number of fused-ring (bicyclic) bond motifs is 1. The Balaban J connectivity index is 2.18. The van der Waals surface area contributed by atoms with Crippen molar-refractivity contribution in [3.63, 3.8) is 0 Å². The molecule has 0 aliphatic carbocycles. The molecule has 0 saturated carbocycles. The number of carbonyl (C=O) groups excluding carboxylic acids is 1. The fraction of sp³-hybridized carbons (Fsp3) is 0.385. The van der Waals surface area contributed by atoms with Crippen LogP contribution in [0, 0.1) is 0 Å². The first-order valence-corrected chi connectivity index (χ1v) is 5.98. The Bertz CT molecular complexity index is 514. The Morgan fingerprint density at radius 2 is 2.18 bits per heavy atom. The summed E-state index contributed by atoms with van der Waals surface area (Å²) in [6, 6.07) is 3.91. The summed E-state index contributed by atoms with van der Waals surface area (Å²) >= 11 is 0. The Hall–Kier alpha value is -1.84. The second-order valence-corrected chi connectivity index (χ2v) is 4.10. The zero-order valence-corrected chi connectivity index (χ0v) is 10.2. The molecule has 1 amide bonds. The van der Waals surface area contributed by atoms with E-state index in [0.29, 0.717) is 5.56 Å². The summed E-state index contributed by atoms with van der Waals surface area (Å²) in [5.41, 5.74) is 1.52. The minimum atomic E-state index is -0.0192. The minimum Gasteiger partial charge on any atom is -0.349 e. The summed E-state index contributed by atoms with van der Waals surface area (Å²) in [5.74, 6) is -0.0192. The summed E-state index contributed by atoms with van der Waals surface area (Å²) in [5, 5.41) is 3.02. The van der Waals surface area contributed by atoms with Gasteiger partial charge in [0.15, 0.2) is 0 Å². The molecule has 2 aromatic heterocycles. The van der Waals surface area contributed by atoms with Crippen LogP contribution in [0.4, 0.5) is 0 Å². The molecule has 2 heterocycles. The fourth-order valence-electron chi connectivity index (χ4n) is 1.82. The van der Waals surface area contributed by atoms with Crippen LogP contribution in [0.25, 0.3) is 5.65 Å². The van der Waals surface area contributed by atoms with Gasteiger partial charge in [0.05, 0.1) is 5.56 Å². The third-order valence-corrected chi connectivity index (χ3v) is 2.97. The Morgan fingerprint density at radius 1 is 1.41 bits per heavy atom. The Morgan fingerprint density at radius 3 is 2.88 bits per heavy atom. The van der Waals surface area contributed by atoms with Gasteiger partial charge in [-0.3, -0.25) is 4.79 Å². The van der Waals surface area contributed by atoms with Crippen molar-refractivity contribution >= 4 is 11.6 Å². The molecule has 0 bridgehead atoms. The molecule has 0 fully saturated rings. The van der Waals surface area contributed by atoms with Crippen LogP contribution in [0.2, 0.25) is 0 Å². The molecule has 0 aliphatic rings. The van der Waals surface area contributed by atoms with E-state index in [-0.39, 0.29) is 11.9 Å². The number of imidazole rings is 1. The van der Waals surface area contributed by atoms with Crippen molar-refractivity contribution in [1.82, 2.24) is 14.7 Å². The van der Waals surface area contributed by atoms with E-state index in [1.165, 1.54) is 0 Å². The van der Waals surface area contributed by atoms with E-state index >= 15 is 0 Å². The zero-order chi connectivity index (χ0) is 12.3. The molecule has 0 atom stereocenters. The molecule has 0 aromatic carbocycles. The summed E-state index contributed by atoms with van der Waals surface area (Å²) in [7, 11) is 0. The summed E-state index contributed by atoms with van der Waals surface area (Å²) in [6.07, 6.45) is 7.27. The van der Waals surface area contributed by atoms with E-state index in [1.54, 1.807) is 18.5 Å². The Labute approximate surface area is 101 Å². The average molecular weight is 231 g/mol. The van der Waals surface area contributed by atoms with Crippen molar-refractivity contribution in [1.29, 1.82) is 0 Å². The van der Waals surface area contributed by atoms with Crippen molar-refractivity contribution in [2.75, 3.05) is 0 Å². The molecule has 17 heavy (non-hydrogen) atoms. The van der Waals surface area contributed by atoms with E-state index < -0.39 is 0 Å². The highest BCUT2D eigenvalue weighted by Gasteiger charge is 2.10. The molecule has 2 aromatic rings. The van der Waals surface area contributed by atoms with Crippen LogP contribution in [-0.2, 0) is 0 Å². The molecule has 0 aliphatic heterocycles. The molecule has 4 heteroatoms. The van der Waals surface area contributed by atoms with Crippen molar-refractivity contribution < 1.29 is 4.79 Å². The van der Waals surface area contributed by atoms with Crippen LogP contribution >= 0.6 is 0 Å². The first-order chi connectivity index (χ1) is 8.24. The number of rotatable bonds is 4. The molecule has 1 N–H and O–H groups in total. The number of aromatic nitrogens is 2. The number of pyridine rings is 1. The van der Waals surface area contributed by atoms with Gasteiger partial charge in [0, 0.05) is 24.6 Å². The largest absolute Gasteiger partial charge is 0.349 e. The van der Waals surface area contributed by atoms with Gasteiger partial charge < -0.3 is 9.72 Å². The molecule has 2 rings (SSSR count). The van der Waals surface area contributed by atoms with Gasteiger partial charge in [-0.05, 0) is 25.0 Å². The smallest absolute Gasteiger partial charge is 0.252 e. The monoisotopic (exact) mass is 231 g/mol. The van der Waals surface area contributed by atoms with Gasteiger partial charge in [0.25, 0.3) is 5.91 Å². The lowest BCUT2D eigenvalue weighted by atomic mass is 10.1. The Kier molecular flexibility index (Phi) is 3.42. The first-order valence-electron chi connectivity index (χ1n) is 5.98. The molecule has 0 radical (unpaired) electrons. The van der Waals surface area contributed by atoms with Gasteiger partial charge in [-0.1, -0.05) is 13.8 Å². The van der Waals surface area contributed by atoms with E-state index in [1.807, 2.05) is 16.7 Å². The second-order valence-electron chi connectivity index (χ2n) is 4.10. The highest BCUT2D eigenvalue weighted by atomic mass is 16.1. The molecule has 0 spiro atoms. The lowest BCUT2D eigenvalue weighted by molar-refractivity contribution is 0.0934. The number of carbonyl (C=O) groups is 1. The van der Waals surface area contributed by atoms with Crippen molar-refractivity contribution in [3.05, 3.63) is 36.3 Å². The topological polar surface area (TPSA) is 46.4 Å². The van der Waals surface area contributed by atoms with Crippen LogP contribution in [0.15, 0.2) is 30.7 Å². The summed E-state index contributed by atoms with van der Waals surface area (Å²) < 4.78 is 1.85. The lowest BCUT2D eigenvalue weighted by Crippen LogP contribution is -2.33. The lowest BCUT2D eigenvalue weighted by Gasteiger charge is -2.14. The van der Waals surface area contributed by atoms with E-state index in [9.17, 15) is 4.79 Å². The van der Waals surface area contributed by atoms with Gasteiger partial charge in [-0.2, -0.15) is 0 Å². The van der Waals surface area contributed by atoms with Gasteiger partial charge in [0.1, 0.15) is 5.65 Å². The maximum Gasteiger partial charge on any atom is 0.252 e. The van der Waals surface area contributed by atoms with Crippen molar-refractivity contribution in [2.24, 2.45) is 0 Å². The van der Waals surface area contributed by atoms with Crippen LogP contribution in [0.5, 0.6) is 0 Å².